The van der Waals surface area contributed by atoms with Crippen molar-refractivity contribution in [1.82, 2.24) is 16.0 Å². The smallest absolute Gasteiger partial charge is 0.251 e. The maximum absolute atomic E-state index is 12.1. The van der Waals surface area contributed by atoms with Gasteiger partial charge in [-0.15, -0.1) is 0 Å². The van der Waals surface area contributed by atoms with Crippen molar-refractivity contribution in [3.8, 4) is 0 Å². The molecule has 1 fully saturated rings. The number of nitrogens with one attached hydrogen (secondary N) is 3. The number of hydrogen-bond donors (Lipinski definition) is 3. The predicted molar refractivity (Wildman–Crippen MR) is 101 cm³/mol. The monoisotopic (exact) mass is 359 g/mol. The van der Waals surface area contributed by atoms with Crippen LogP contribution in [0.25, 0.3) is 0 Å². The molecule has 1 saturated carbocycles. The van der Waals surface area contributed by atoms with Crippen LogP contribution in [0.1, 0.15) is 67.2 Å². The zero-order valence-corrected chi connectivity index (χ0v) is 15.9. The Kier molecular flexibility index (Phi) is 6.77. The summed E-state index contributed by atoms with van der Waals surface area (Å²) < 4.78 is 0. The van der Waals surface area contributed by atoms with Crippen LogP contribution in [-0.4, -0.2) is 36.3 Å². The van der Waals surface area contributed by atoms with E-state index in [4.69, 9.17) is 0 Å². The van der Waals surface area contributed by atoms with Gasteiger partial charge in [0.05, 0.1) is 0 Å². The molecule has 142 valence electrons. The first-order valence-electron chi connectivity index (χ1n) is 9.25. The van der Waals surface area contributed by atoms with Crippen molar-refractivity contribution in [1.29, 1.82) is 0 Å². The molecule has 0 aliphatic heterocycles. The minimum Gasteiger partial charge on any atom is -0.354 e. The second-order valence-electron chi connectivity index (χ2n) is 7.81. The predicted octanol–water partition coefficient (Wildman–Crippen LogP) is 2.25. The van der Waals surface area contributed by atoms with Crippen molar-refractivity contribution in [2.45, 2.75) is 52.0 Å². The number of hydrogen-bond acceptors (Lipinski definition) is 3. The van der Waals surface area contributed by atoms with Gasteiger partial charge in [0.1, 0.15) is 0 Å². The highest BCUT2D eigenvalue weighted by Crippen LogP contribution is 2.24. The number of carbonyl (C=O) groups is 3. The molecule has 1 aliphatic rings. The Morgan fingerprint density at radius 1 is 0.885 bits per heavy atom. The molecule has 0 bridgehead atoms. The Hall–Kier alpha value is -2.37. The fourth-order valence-electron chi connectivity index (χ4n) is 2.98. The lowest BCUT2D eigenvalue weighted by Crippen LogP contribution is -2.40. The Morgan fingerprint density at radius 2 is 1.38 bits per heavy atom. The standard InChI is InChI=1S/C20H29N3O3/c1-20(2,3)23-19(26)16-10-8-15(9-11-16)18(25)22-13-12-21-17(24)14-6-4-5-7-14/h8-11,14H,4-7,12-13H2,1-3H3,(H,21,24)(H,22,25)(H,23,26). The summed E-state index contributed by atoms with van der Waals surface area (Å²) in [5.74, 6) is -0.162. The van der Waals surface area contributed by atoms with Crippen LogP contribution in [0, 0.1) is 5.92 Å². The van der Waals surface area contributed by atoms with E-state index >= 15 is 0 Å². The van der Waals surface area contributed by atoms with Gasteiger partial charge in [-0.3, -0.25) is 14.4 Å². The summed E-state index contributed by atoms with van der Waals surface area (Å²) in [6.07, 6.45) is 4.18. The first kappa shape index (κ1) is 19.9. The van der Waals surface area contributed by atoms with E-state index in [9.17, 15) is 14.4 Å². The molecule has 0 saturated heterocycles. The third kappa shape index (κ3) is 6.17. The highest BCUT2D eigenvalue weighted by molar-refractivity contribution is 5.98. The summed E-state index contributed by atoms with van der Waals surface area (Å²) in [6, 6.07) is 6.53. The summed E-state index contributed by atoms with van der Waals surface area (Å²) in [4.78, 5) is 36.1. The van der Waals surface area contributed by atoms with Crippen LogP contribution >= 0.6 is 0 Å². The lowest BCUT2D eigenvalue weighted by molar-refractivity contribution is -0.124. The zero-order chi connectivity index (χ0) is 19.2. The largest absolute Gasteiger partial charge is 0.354 e. The number of benzene rings is 1. The molecule has 1 aromatic carbocycles. The van der Waals surface area contributed by atoms with Crippen LogP contribution < -0.4 is 16.0 Å². The van der Waals surface area contributed by atoms with Crippen LogP contribution in [0.5, 0.6) is 0 Å². The van der Waals surface area contributed by atoms with Crippen LogP contribution in [0.4, 0.5) is 0 Å². The molecule has 26 heavy (non-hydrogen) atoms. The molecule has 0 heterocycles. The van der Waals surface area contributed by atoms with Crippen LogP contribution in [0.3, 0.4) is 0 Å². The molecule has 2 rings (SSSR count). The molecule has 3 N–H and O–H groups in total. The van der Waals surface area contributed by atoms with E-state index < -0.39 is 0 Å². The third-order valence-corrected chi connectivity index (χ3v) is 4.33. The van der Waals surface area contributed by atoms with E-state index in [0.717, 1.165) is 25.7 Å². The average molecular weight is 359 g/mol. The van der Waals surface area contributed by atoms with E-state index in [-0.39, 0.29) is 29.2 Å². The quantitative estimate of drug-likeness (QED) is 0.681. The second-order valence-corrected chi connectivity index (χ2v) is 7.81. The minimum absolute atomic E-state index is 0.0889. The van der Waals surface area contributed by atoms with Gasteiger partial charge in [0.15, 0.2) is 0 Å². The topological polar surface area (TPSA) is 87.3 Å². The SMILES string of the molecule is CC(C)(C)NC(=O)c1ccc(C(=O)NCCNC(=O)C2CCCC2)cc1. The van der Waals surface area contributed by atoms with Gasteiger partial charge >= 0.3 is 0 Å². The van der Waals surface area contributed by atoms with Crippen molar-refractivity contribution in [2.24, 2.45) is 5.92 Å². The molecule has 6 nitrogen and oxygen atoms in total. The van der Waals surface area contributed by atoms with E-state index in [1.165, 1.54) is 0 Å². The molecule has 0 aromatic heterocycles. The molecule has 0 spiro atoms. The average Bonchev–Trinajstić information content (AvgIpc) is 3.11. The third-order valence-electron chi connectivity index (χ3n) is 4.33. The Bertz CT molecular complexity index is 641. The van der Waals surface area contributed by atoms with Gasteiger partial charge in [-0.25, -0.2) is 0 Å². The normalized spacial score (nSPS) is 14.7. The Labute approximate surface area is 155 Å². The molecule has 6 heteroatoms. The fourth-order valence-corrected chi connectivity index (χ4v) is 2.98. The first-order valence-corrected chi connectivity index (χ1v) is 9.25. The van der Waals surface area contributed by atoms with Crippen molar-refractivity contribution in [3.63, 3.8) is 0 Å². The Morgan fingerprint density at radius 3 is 1.92 bits per heavy atom. The van der Waals surface area contributed by atoms with Crippen molar-refractivity contribution >= 4 is 17.7 Å². The summed E-state index contributed by atoms with van der Waals surface area (Å²) in [7, 11) is 0. The molecular weight excluding hydrogens is 330 g/mol. The van der Waals surface area contributed by atoms with Crippen LogP contribution in [-0.2, 0) is 4.79 Å². The number of carbonyl (C=O) groups excluding carboxylic acids is 3. The molecular formula is C20H29N3O3. The highest BCUT2D eigenvalue weighted by Gasteiger charge is 2.22. The zero-order valence-electron chi connectivity index (χ0n) is 15.9. The molecule has 0 radical (unpaired) electrons. The van der Waals surface area contributed by atoms with E-state index in [1.54, 1.807) is 24.3 Å². The van der Waals surface area contributed by atoms with Crippen molar-refractivity contribution in [2.75, 3.05) is 13.1 Å². The van der Waals surface area contributed by atoms with E-state index in [2.05, 4.69) is 16.0 Å². The van der Waals surface area contributed by atoms with Gasteiger partial charge in [-0.05, 0) is 57.9 Å². The molecule has 3 amide bonds. The van der Waals surface area contributed by atoms with Gasteiger partial charge in [-0.1, -0.05) is 12.8 Å². The number of amides is 3. The maximum atomic E-state index is 12.1. The van der Waals surface area contributed by atoms with Gasteiger partial charge in [0, 0.05) is 35.7 Å². The van der Waals surface area contributed by atoms with E-state index in [0.29, 0.717) is 24.2 Å². The van der Waals surface area contributed by atoms with Gasteiger partial charge in [-0.2, -0.15) is 0 Å². The van der Waals surface area contributed by atoms with Gasteiger partial charge < -0.3 is 16.0 Å². The highest BCUT2D eigenvalue weighted by atomic mass is 16.2. The summed E-state index contributed by atoms with van der Waals surface area (Å²) >= 11 is 0. The van der Waals surface area contributed by atoms with Crippen LogP contribution in [0.2, 0.25) is 0 Å². The first-order chi connectivity index (χ1) is 12.3. The van der Waals surface area contributed by atoms with Gasteiger partial charge in [0.25, 0.3) is 11.8 Å². The lowest BCUT2D eigenvalue weighted by atomic mass is 10.1. The summed E-state index contributed by atoms with van der Waals surface area (Å²) in [5, 5.41) is 8.53. The minimum atomic E-state index is -0.309. The fraction of sp³-hybridized carbons (Fsp3) is 0.550. The van der Waals surface area contributed by atoms with Crippen LogP contribution in [0.15, 0.2) is 24.3 Å². The summed E-state index contributed by atoms with van der Waals surface area (Å²) in [5.41, 5.74) is 0.690. The summed E-state index contributed by atoms with van der Waals surface area (Å²) in [6.45, 7) is 6.55. The Balaban J connectivity index is 1.75. The van der Waals surface area contributed by atoms with Gasteiger partial charge in [0.2, 0.25) is 5.91 Å². The maximum Gasteiger partial charge on any atom is 0.251 e. The molecule has 0 unspecified atom stereocenters. The lowest BCUT2D eigenvalue weighted by Gasteiger charge is -2.20. The molecule has 1 aliphatic carbocycles. The molecule has 0 atom stereocenters. The second kappa shape index (κ2) is 8.83. The number of rotatable bonds is 6. The van der Waals surface area contributed by atoms with Crippen molar-refractivity contribution in [3.05, 3.63) is 35.4 Å². The van der Waals surface area contributed by atoms with Crippen molar-refractivity contribution < 1.29 is 14.4 Å². The molecule has 1 aromatic rings. The van der Waals surface area contributed by atoms with E-state index in [1.807, 2.05) is 20.8 Å².